The van der Waals surface area contributed by atoms with Crippen LogP contribution < -0.4 is 5.32 Å². The van der Waals surface area contributed by atoms with E-state index < -0.39 is 0 Å². The number of aryl methyl sites for hydroxylation is 1. The summed E-state index contributed by atoms with van der Waals surface area (Å²) in [5, 5.41) is 5.02. The van der Waals surface area contributed by atoms with Gasteiger partial charge in [0.15, 0.2) is 0 Å². The number of nitrogens with one attached hydrogen (secondary N) is 1. The summed E-state index contributed by atoms with van der Waals surface area (Å²) < 4.78 is 0. The highest BCUT2D eigenvalue weighted by molar-refractivity contribution is 7.12. The van der Waals surface area contributed by atoms with Gasteiger partial charge in [0.25, 0.3) is 5.91 Å². The van der Waals surface area contributed by atoms with Gasteiger partial charge in [-0.2, -0.15) is 0 Å². The molecule has 3 heteroatoms. The van der Waals surface area contributed by atoms with Crippen molar-refractivity contribution in [2.45, 2.75) is 40.0 Å². The standard InChI is InChI=1S/C13H21NOS/c1-4-10(5-2)9-14-13(15)12-11(6-3)7-8-16-12/h7-8,10H,4-6,9H2,1-3H3,(H,14,15). The topological polar surface area (TPSA) is 29.1 Å². The fraction of sp³-hybridized carbons (Fsp3) is 0.615. The Kier molecular flexibility index (Phi) is 5.53. The van der Waals surface area contributed by atoms with Gasteiger partial charge >= 0.3 is 0 Å². The molecule has 1 heterocycles. The SMILES string of the molecule is CCc1ccsc1C(=O)NCC(CC)CC. The predicted octanol–water partition coefficient (Wildman–Crippen LogP) is 3.48. The van der Waals surface area contributed by atoms with Gasteiger partial charge in [-0.3, -0.25) is 4.79 Å². The lowest BCUT2D eigenvalue weighted by Crippen LogP contribution is -2.28. The first kappa shape index (κ1) is 13.2. The molecule has 0 unspecified atom stereocenters. The maximum Gasteiger partial charge on any atom is 0.261 e. The van der Waals surface area contributed by atoms with Crippen molar-refractivity contribution in [1.29, 1.82) is 0 Å². The minimum absolute atomic E-state index is 0.0961. The van der Waals surface area contributed by atoms with E-state index in [1.807, 2.05) is 11.4 Å². The van der Waals surface area contributed by atoms with E-state index in [1.54, 1.807) is 0 Å². The summed E-state index contributed by atoms with van der Waals surface area (Å²) in [6.45, 7) is 7.22. The van der Waals surface area contributed by atoms with Crippen LogP contribution in [0.2, 0.25) is 0 Å². The second-order valence-electron chi connectivity index (χ2n) is 4.02. The van der Waals surface area contributed by atoms with Crippen LogP contribution in [-0.4, -0.2) is 12.5 Å². The van der Waals surface area contributed by atoms with Gasteiger partial charge < -0.3 is 5.32 Å². The lowest BCUT2D eigenvalue weighted by atomic mass is 10.0. The Balaban J connectivity index is 2.52. The third-order valence-corrected chi connectivity index (χ3v) is 4.00. The zero-order valence-electron chi connectivity index (χ0n) is 10.4. The van der Waals surface area contributed by atoms with Gasteiger partial charge in [-0.25, -0.2) is 0 Å². The largest absolute Gasteiger partial charge is 0.351 e. The Labute approximate surface area is 102 Å². The van der Waals surface area contributed by atoms with Gasteiger partial charge in [-0.1, -0.05) is 33.6 Å². The highest BCUT2D eigenvalue weighted by Crippen LogP contribution is 2.17. The monoisotopic (exact) mass is 239 g/mol. The number of thiophene rings is 1. The van der Waals surface area contributed by atoms with E-state index in [9.17, 15) is 4.79 Å². The zero-order valence-corrected chi connectivity index (χ0v) is 11.2. The molecule has 0 bridgehead atoms. The molecule has 0 aliphatic carbocycles. The normalized spacial score (nSPS) is 10.8. The summed E-state index contributed by atoms with van der Waals surface area (Å²) in [6, 6.07) is 2.04. The molecule has 0 fully saturated rings. The van der Waals surface area contributed by atoms with Crippen molar-refractivity contribution in [2.75, 3.05) is 6.54 Å². The second kappa shape index (κ2) is 6.69. The Bertz CT molecular complexity index is 328. The summed E-state index contributed by atoms with van der Waals surface area (Å²) >= 11 is 1.54. The quantitative estimate of drug-likeness (QED) is 0.809. The van der Waals surface area contributed by atoms with Crippen molar-refractivity contribution in [3.05, 3.63) is 21.9 Å². The molecule has 0 aliphatic rings. The zero-order chi connectivity index (χ0) is 12.0. The van der Waals surface area contributed by atoms with E-state index in [0.717, 1.165) is 36.2 Å². The summed E-state index contributed by atoms with van der Waals surface area (Å²) in [5.41, 5.74) is 1.16. The molecule has 0 spiro atoms. The summed E-state index contributed by atoms with van der Waals surface area (Å²) in [6.07, 6.45) is 3.18. The van der Waals surface area contributed by atoms with Gasteiger partial charge in [-0.05, 0) is 29.3 Å². The van der Waals surface area contributed by atoms with Gasteiger partial charge in [0, 0.05) is 6.54 Å². The number of carbonyl (C=O) groups is 1. The van der Waals surface area contributed by atoms with Crippen molar-refractivity contribution in [3.63, 3.8) is 0 Å². The number of rotatable bonds is 6. The number of amides is 1. The van der Waals surface area contributed by atoms with Gasteiger partial charge in [0.05, 0.1) is 4.88 Å². The highest BCUT2D eigenvalue weighted by Gasteiger charge is 2.12. The van der Waals surface area contributed by atoms with Gasteiger partial charge in [0.1, 0.15) is 0 Å². The Morgan fingerprint density at radius 1 is 1.38 bits per heavy atom. The Morgan fingerprint density at radius 2 is 2.06 bits per heavy atom. The molecule has 90 valence electrons. The van der Waals surface area contributed by atoms with Crippen LogP contribution in [0.1, 0.15) is 48.8 Å². The first-order chi connectivity index (χ1) is 7.72. The van der Waals surface area contributed by atoms with Crippen LogP contribution in [0.25, 0.3) is 0 Å². The summed E-state index contributed by atoms with van der Waals surface area (Å²) in [7, 11) is 0. The molecule has 0 atom stereocenters. The van der Waals surface area contributed by atoms with Gasteiger partial charge in [0.2, 0.25) is 0 Å². The smallest absolute Gasteiger partial charge is 0.261 e. The molecule has 1 rings (SSSR count). The molecule has 1 N–H and O–H groups in total. The van der Waals surface area contributed by atoms with Crippen LogP contribution in [-0.2, 0) is 6.42 Å². The van der Waals surface area contributed by atoms with E-state index in [2.05, 4.69) is 26.1 Å². The molecule has 1 aromatic rings. The average molecular weight is 239 g/mol. The maximum absolute atomic E-state index is 11.9. The molecule has 0 saturated heterocycles. The second-order valence-corrected chi connectivity index (χ2v) is 4.94. The first-order valence-corrected chi connectivity index (χ1v) is 6.95. The van der Waals surface area contributed by atoms with E-state index in [-0.39, 0.29) is 5.91 Å². The van der Waals surface area contributed by atoms with Crippen LogP contribution in [0.15, 0.2) is 11.4 Å². The number of hydrogen-bond acceptors (Lipinski definition) is 2. The average Bonchev–Trinajstić information content (AvgIpc) is 2.78. The summed E-state index contributed by atoms with van der Waals surface area (Å²) in [4.78, 5) is 12.8. The van der Waals surface area contributed by atoms with Crippen molar-refractivity contribution >= 4 is 17.2 Å². The molecule has 1 amide bonds. The fourth-order valence-electron chi connectivity index (χ4n) is 1.71. The molecular weight excluding hydrogens is 218 g/mol. The van der Waals surface area contributed by atoms with Crippen molar-refractivity contribution < 1.29 is 4.79 Å². The molecule has 0 saturated carbocycles. The summed E-state index contributed by atoms with van der Waals surface area (Å²) in [5.74, 6) is 0.702. The molecule has 0 aromatic carbocycles. The third-order valence-electron chi connectivity index (χ3n) is 3.04. The van der Waals surface area contributed by atoms with Crippen molar-refractivity contribution in [2.24, 2.45) is 5.92 Å². The van der Waals surface area contributed by atoms with Crippen LogP contribution in [0, 0.1) is 5.92 Å². The minimum atomic E-state index is 0.0961. The van der Waals surface area contributed by atoms with Crippen LogP contribution in [0.3, 0.4) is 0 Å². The van der Waals surface area contributed by atoms with E-state index in [4.69, 9.17) is 0 Å². The van der Waals surface area contributed by atoms with E-state index in [1.165, 1.54) is 11.3 Å². The molecular formula is C13H21NOS. The first-order valence-electron chi connectivity index (χ1n) is 6.07. The maximum atomic E-state index is 11.9. The molecule has 2 nitrogen and oxygen atoms in total. The van der Waals surface area contributed by atoms with Crippen LogP contribution in [0.4, 0.5) is 0 Å². The minimum Gasteiger partial charge on any atom is -0.351 e. The lowest BCUT2D eigenvalue weighted by molar-refractivity contribution is 0.0949. The Hall–Kier alpha value is -0.830. The van der Waals surface area contributed by atoms with Crippen molar-refractivity contribution in [3.8, 4) is 0 Å². The van der Waals surface area contributed by atoms with Crippen LogP contribution in [0.5, 0.6) is 0 Å². The Morgan fingerprint density at radius 3 is 2.62 bits per heavy atom. The molecule has 1 aromatic heterocycles. The number of hydrogen-bond donors (Lipinski definition) is 1. The van der Waals surface area contributed by atoms with Crippen molar-refractivity contribution in [1.82, 2.24) is 5.32 Å². The van der Waals surface area contributed by atoms with E-state index in [0.29, 0.717) is 5.92 Å². The molecule has 0 radical (unpaired) electrons. The highest BCUT2D eigenvalue weighted by atomic mass is 32.1. The third kappa shape index (κ3) is 3.34. The van der Waals surface area contributed by atoms with Crippen LogP contribution >= 0.6 is 11.3 Å². The lowest BCUT2D eigenvalue weighted by Gasteiger charge is -2.13. The molecule has 0 aliphatic heterocycles. The molecule has 16 heavy (non-hydrogen) atoms. The van der Waals surface area contributed by atoms with Gasteiger partial charge in [-0.15, -0.1) is 11.3 Å². The van der Waals surface area contributed by atoms with E-state index >= 15 is 0 Å². The fourth-order valence-corrected chi connectivity index (χ4v) is 2.62. The predicted molar refractivity (Wildman–Crippen MR) is 70.1 cm³/mol. The number of carbonyl (C=O) groups excluding carboxylic acids is 1.